The number of unbranched alkanes of at least 4 members (excludes halogenated alkanes) is 12. The van der Waals surface area contributed by atoms with Crippen LogP contribution >= 0.6 is 0 Å². The van der Waals surface area contributed by atoms with E-state index < -0.39 is 0 Å². The minimum atomic E-state index is 0.880. The lowest BCUT2D eigenvalue weighted by molar-refractivity contribution is -0.910. The van der Waals surface area contributed by atoms with Crippen LogP contribution in [0.4, 0.5) is 0 Å². The molecule has 0 unspecified atom stereocenters. The number of rotatable bonds is 24. The molecule has 1 nitrogen and oxygen atoms in total. The van der Waals surface area contributed by atoms with Gasteiger partial charge in [-0.25, -0.2) is 0 Å². The summed E-state index contributed by atoms with van der Waals surface area (Å²) in [6, 6.07) is 0. The Labute approximate surface area is 206 Å². The summed E-state index contributed by atoms with van der Waals surface area (Å²) in [5.41, 5.74) is 0. The molecule has 0 bridgehead atoms. The molecule has 0 aliphatic heterocycles. The van der Waals surface area contributed by atoms with Gasteiger partial charge in [-0.15, -0.1) is 0 Å². The largest absolute Gasteiger partial charge is 0.326 e. The highest BCUT2D eigenvalue weighted by Crippen LogP contribution is 2.18. The van der Waals surface area contributed by atoms with Gasteiger partial charge in [0, 0.05) is 0 Å². The third-order valence-corrected chi connectivity index (χ3v) is 7.44. The van der Waals surface area contributed by atoms with Gasteiger partial charge in [0.1, 0.15) is 0 Å². The van der Waals surface area contributed by atoms with E-state index in [-0.39, 0.29) is 0 Å². The second kappa shape index (κ2) is 21.5. The van der Waals surface area contributed by atoms with E-state index in [9.17, 15) is 0 Å². The van der Waals surface area contributed by atoms with Gasteiger partial charge in [0.05, 0.1) is 26.7 Å². The van der Waals surface area contributed by atoms with Crippen molar-refractivity contribution in [2.24, 2.45) is 17.8 Å². The predicted octanol–water partition coefficient (Wildman–Crippen LogP) is 10.4. The molecule has 0 aromatic carbocycles. The van der Waals surface area contributed by atoms with Crippen molar-refractivity contribution in [3.05, 3.63) is 0 Å². The first-order valence-electron chi connectivity index (χ1n) is 15.1. The van der Waals surface area contributed by atoms with Crippen LogP contribution in [0.15, 0.2) is 0 Å². The van der Waals surface area contributed by atoms with Gasteiger partial charge in [0.25, 0.3) is 0 Å². The normalized spacial score (nSPS) is 12.6. The van der Waals surface area contributed by atoms with E-state index in [1.807, 2.05) is 0 Å². The summed E-state index contributed by atoms with van der Waals surface area (Å²) in [6.07, 6.45) is 26.0. The zero-order valence-electron chi connectivity index (χ0n) is 24.0. The van der Waals surface area contributed by atoms with Crippen molar-refractivity contribution in [2.45, 2.75) is 157 Å². The smallest absolute Gasteiger partial charge is 0.0784 e. The number of nitrogens with zero attached hydrogens (tertiary/aromatic N) is 1. The highest BCUT2D eigenvalue weighted by Gasteiger charge is 2.20. The van der Waals surface area contributed by atoms with Crippen molar-refractivity contribution >= 4 is 0 Å². The third-order valence-electron chi connectivity index (χ3n) is 7.44. The Balaban J connectivity index is 4.12. The van der Waals surface area contributed by atoms with E-state index in [0.29, 0.717) is 0 Å². The second-order valence-corrected chi connectivity index (χ2v) is 12.6. The van der Waals surface area contributed by atoms with Crippen LogP contribution in [-0.2, 0) is 0 Å². The summed E-state index contributed by atoms with van der Waals surface area (Å²) < 4.78 is 1.35. The molecule has 194 valence electrons. The minimum absolute atomic E-state index is 0.880. The van der Waals surface area contributed by atoms with E-state index in [0.717, 1.165) is 17.8 Å². The van der Waals surface area contributed by atoms with E-state index in [2.05, 4.69) is 48.6 Å². The van der Waals surface area contributed by atoms with Crippen LogP contribution in [0.5, 0.6) is 0 Å². The van der Waals surface area contributed by atoms with Crippen LogP contribution in [0.2, 0.25) is 0 Å². The predicted molar refractivity (Wildman–Crippen MR) is 148 cm³/mol. The van der Waals surface area contributed by atoms with Crippen molar-refractivity contribution in [3.8, 4) is 0 Å². The lowest BCUT2D eigenvalue weighted by Crippen LogP contribution is -2.46. The van der Waals surface area contributed by atoms with Crippen LogP contribution in [0.3, 0.4) is 0 Å². The summed E-state index contributed by atoms with van der Waals surface area (Å²) in [5, 5.41) is 0. The van der Waals surface area contributed by atoms with E-state index >= 15 is 0 Å². The monoisotopic (exact) mass is 453 g/mol. The van der Waals surface area contributed by atoms with Crippen LogP contribution in [0.25, 0.3) is 0 Å². The molecule has 0 aromatic rings. The molecule has 0 N–H and O–H groups in total. The Morgan fingerprint density at radius 3 is 0.812 bits per heavy atom. The van der Waals surface area contributed by atoms with Gasteiger partial charge < -0.3 is 4.48 Å². The van der Waals surface area contributed by atoms with Crippen molar-refractivity contribution in [3.63, 3.8) is 0 Å². The fourth-order valence-electron chi connectivity index (χ4n) is 5.06. The number of hydrogen-bond donors (Lipinski definition) is 0. The highest BCUT2D eigenvalue weighted by molar-refractivity contribution is 4.53. The molecule has 0 atom stereocenters. The van der Waals surface area contributed by atoms with E-state index in [1.54, 1.807) is 0 Å². The first-order valence-corrected chi connectivity index (χ1v) is 15.1. The topological polar surface area (TPSA) is 0 Å². The van der Waals surface area contributed by atoms with Crippen LogP contribution < -0.4 is 0 Å². The maximum absolute atomic E-state index is 2.58. The minimum Gasteiger partial charge on any atom is -0.326 e. The van der Waals surface area contributed by atoms with Crippen LogP contribution in [0.1, 0.15) is 157 Å². The van der Waals surface area contributed by atoms with Gasteiger partial charge in [-0.3, -0.25) is 0 Å². The Hall–Kier alpha value is -0.0400. The number of quaternary nitrogens is 1. The lowest BCUT2D eigenvalue weighted by Gasteiger charge is -2.35. The van der Waals surface area contributed by atoms with Crippen LogP contribution in [-0.4, -0.2) is 31.2 Å². The average molecular weight is 453 g/mol. The van der Waals surface area contributed by atoms with Gasteiger partial charge in [0.2, 0.25) is 0 Å². The molecule has 0 aliphatic rings. The molecule has 0 amide bonds. The van der Waals surface area contributed by atoms with Gasteiger partial charge >= 0.3 is 0 Å². The van der Waals surface area contributed by atoms with Crippen molar-refractivity contribution in [2.75, 3.05) is 26.7 Å². The zero-order valence-corrected chi connectivity index (χ0v) is 24.0. The molecule has 0 aliphatic carbocycles. The molecule has 1 heteroatoms. The molecular weight excluding hydrogens is 386 g/mol. The van der Waals surface area contributed by atoms with Gasteiger partial charge in [-0.1, -0.05) is 119 Å². The number of hydrogen-bond acceptors (Lipinski definition) is 0. The SMILES string of the molecule is CC(C)CCCCCCC[N+](C)(CCCCCCCC(C)C)CCCCCCCC(C)C. The summed E-state index contributed by atoms with van der Waals surface area (Å²) in [4.78, 5) is 0. The fraction of sp³-hybridized carbons (Fsp3) is 1.00. The summed E-state index contributed by atoms with van der Waals surface area (Å²) in [5.74, 6) is 2.64. The highest BCUT2D eigenvalue weighted by atomic mass is 15.3. The van der Waals surface area contributed by atoms with E-state index in [1.165, 1.54) is 140 Å². The lowest BCUT2D eigenvalue weighted by atomic mass is 10.0. The zero-order chi connectivity index (χ0) is 24.1. The quantitative estimate of drug-likeness (QED) is 0.101. The van der Waals surface area contributed by atoms with Crippen molar-refractivity contribution in [1.82, 2.24) is 0 Å². The van der Waals surface area contributed by atoms with Gasteiger partial charge in [-0.2, -0.15) is 0 Å². The van der Waals surface area contributed by atoms with Gasteiger partial charge in [0.15, 0.2) is 0 Å². The molecule has 32 heavy (non-hydrogen) atoms. The second-order valence-electron chi connectivity index (χ2n) is 12.6. The molecule has 0 radical (unpaired) electrons. The van der Waals surface area contributed by atoms with Gasteiger partial charge in [-0.05, 0) is 56.3 Å². The Morgan fingerprint density at radius 1 is 0.344 bits per heavy atom. The fourth-order valence-corrected chi connectivity index (χ4v) is 5.06. The molecule has 0 rings (SSSR count). The summed E-state index contributed by atoms with van der Waals surface area (Å²) in [6.45, 7) is 18.4. The summed E-state index contributed by atoms with van der Waals surface area (Å²) >= 11 is 0. The van der Waals surface area contributed by atoms with Crippen molar-refractivity contribution < 1.29 is 4.48 Å². The molecule has 0 saturated heterocycles. The standard InChI is InChI=1S/C31H66N/c1-29(2)23-17-11-8-14-20-26-32(7,27-21-15-9-12-18-24-30(3)4)28-22-16-10-13-19-25-31(5)6/h29-31H,8-28H2,1-7H3/q+1. The molecular formula is C31H66N+. The Bertz CT molecular complexity index is 316. The molecule has 0 spiro atoms. The Morgan fingerprint density at radius 2 is 0.562 bits per heavy atom. The molecule has 0 fully saturated rings. The summed E-state index contributed by atoms with van der Waals surface area (Å²) in [7, 11) is 2.58. The molecule has 0 saturated carbocycles. The molecule has 0 aromatic heterocycles. The van der Waals surface area contributed by atoms with Crippen LogP contribution in [0, 0.1) is 17.8 Å². The Kier molecular flexibility index (Phi) is 21.5. The first-order chi connectivity index (χ1) is 15.2. The third kappa shape index (κ3) is 23.1. The maximum atomic E-state index is 2.58. The average Bonchev–Trinajstić information content (AvgIpc) is 2.71. The molecule has 0 heterocycles. The van der Waals surface area contributed by atoms with Crippen molar-refractivity contribution in [1.29, 1.82) is 0 Å². The first kappa shape index (κ1) is 32.0. The maximum Gasteiger partial charge on any atom is 0.0784 e. The van der Waals surface area contributed by atoms with E-state index in [4.69, 9.17) is 0 Å².